The molecule has 1 fully saturated rings. The number of aliphatic carboxylic acids is 1. The number of nitrogens with zero attached hydrogens (tertiary/aromatic N) is 1. The first kappa shape index (κ1) is 13.8. The van der Waals surface area contributed by atoms with Crippen molar-refractivity contribution in [3.05, 3.63) is 0 Å². The lowest BCUT2D eigenvalue weighted by Crippen LogP contribution is -2.48. The second-order valence-electron chi connectivity index (χ2n) is 4.19. The van der Waals surface area contributed by atoms with Gasteiger partial charge in [0.15, 0.2) is 0 Å². The van der Waals surface area contributed by atoms with E-state index in [4.69, 9.17) is 9.84 Å². The van der Waals surface area contributed by atoms with E-state index in [-0.39, 0.29) is 12.1 Å². The maximum atomic E-state index is 11.7. The normalized spacial score (nSPS) is 20.9. The molecule has 17 heavy (non-hydrogen) atoms. The molecule has 2 N–H and O–H groups in total. The van der Waals surface area contributed by atoms with Crippen LogP contribution in [0.2, 0.25) is 0 Å². The maximum absolute atomic E-state index is 11.7. The van der Waals surface area contributed by atoms with E-state index in [9.17, 15) is 9.59 Å². The molecule has 0 aromatic heterocycles. The van der Waals surface area contributed by atoms with Crippen molar-refractivity contribution in [1.82, 2.24) is 10.2 Å². The first-order chi connectivity index (χ1) is 8.06. The fourth-order valence-electron chi connectivity index (χ4n) is 1.89. The fraction of sp³-hybridized carbons (Fsp3) is 0.818. The minimum atomic E-state index is -0.984. The molecule has 0 aromatic rings. The molecule has 1 aliphatic heterocycles. The Labute approximate surface area is 101 Å². The number of carbonyl (C=O) groups excluding carboxylic acids is 1. The van der Waals surface area contributed by atoms with Crippen LogP contribution in [-0.4, -0.2) is 54.4 Å². The van der Waals surface area contributed by atoms with Crippen LogP contribution >= 0.6 is 0 Å². The SMILES string of the molecule is CCC(C(=O)O)N(C)C(=O)NCC1CCCO1. The Kier molecular flexibility index (Phi) is 5.21. The molecule has 0 spiro atoms. The minimum absolute atomic E-state index is 0.0669. The number of carboxylic acids is 1. The largest absolute Gasteiger partial charge is 0.480 e. The third-order valence-corrected chi connectivity index (χ3v) is 2.96. The maximum Gasteiger partial charge on any atom is 0.326 e. The lowest BCUT2D eigenvalue weighted by Gasteiger charge is -2.24. The van der Waals surface area contributed by atoms with Gasteiger partial charge in [0, 0.05) is 20.2 Å². The molecule has 2 unspecified atom stereocenters. The van der Waals surface area contributed by atoms with Crippen molar-refractivity contribution in [3.63, 3.8) is 0 Å². The summed E-state index contributed by atoms with van der Waals surface area (Å²) in [5.41, 5.74) is 0. The number of hydrogen-bond donors (Lipinski definition) is 2. The molecular weight excluding hydrogens is 224 g/mol. The van der Waals surface area contributed by atoms with Gasteiger partial charge in [0.1, 0.15) is 6.04 Å². The highest BCUT2D eigenvalue weighted by Gasteiger charge is 2.25. The van der Waals surface area contributed by atoms with Gasteiger partial charge in [0.05, 0.1) is 6.10 Å². The van der Waals surface area contributed by atoms with Crippen molar-refractivity contribution in [3.8, 4) is 0 Å². The highest BCUT2D eigenvalue weighted by atomic mass is 16.5. The summed E-state index contributed by atoms with van der Waals surface area (Å²) >= 11 is 0. The number of ether oxygens (including phenoxy) is 1. The van der Waals surface area contributed by atoms with E-state index in [1.165, 1.54) is 11.9 Å². The highest BCUT2D eigenvalue weighted by Crippen LogP contribution is 2.11. The molecule has 6 heteroatoms. The summed E-state index contributed by atoms with van der Waals surface area (Å²) in [6, 6.07) is -1.14. The third kappa shape index (κ3) is 3.89. The van der Waals surface area contributed by atoms with Crippen LogP contribution in [0.1, 0.15) is 26.2 Å². The first-order valence-corrected chi connectivity index (χ1v) is 5.91. The summed E-state index contributed by atoms with van der Waals surface area (Å²) in [5, 5.41) is 11.6. The zero-order valence-corrected chi connectivity index (χ0v) is 10.3. The molecule has 1 rings (SSSR count). The van der Waals surface area contributed by atoms with Crippen LogP contribution in [0, 0.1) is 0 Å². The minimum Gasteiger partial charge on any atom is -0.480 e. The Bertz CT molecular complexity index is 277. The van der Waals surface area contributed by atoms with Crippen molar-refractivity contribution in [2.75, 3.05) is 20.2 Å². The van der Waals surface area contributed by atoms with Crippen LogP contribution in [0.4, 0.5) is 4.79 Å². The average molecular weight is 244 g/mol. The van der Waals surface area contributed by atoms with Crippen LogP contribution in [0.5, 0.6) is 0 Å². The summed E-state index contributed by atoms with van der Waals surface area (Å²) in [5.74, 6) is -0.984. The number of nitrogens with one attached hydrogen (secondary N) is 1. The number of carbonyl (C=O) groups is 2. The molecular formula is C11H20N2O4. The Morgan fingerprint density at radius 1 is 1.59 bits per heavy atom. The van der Waals surface area contributed by atoms with Gasteiger partial charge in [-0.15, -0.1) is 0 Å². The molecule has 0 saturated carbocycles. The van der Waals surface area contributed by atoms with Gasteiger partial charge in [0.2, 0.25) is 0 Å². The second kappa shape index (κ2) is 6.44. The van der Waals surface area contributed by atoms with Crippen molar-refractivity contribution >= 4 is 12.0 Å². The number of rotatable bonds is 5. The van der Waals surface area contributed by atoms with Gasteiger partial charge >= 0.3 is 12.0 Å². The predicted molar refractivity (Wildman–Crippen MR) is 61.9 cm³/mol. The summed E-state index contributed by atoms with van der Waals surface area (Å²) in [6.45, 7) is 2.92. The standard InChI is InChI=1S/C11H20N2O4/c1-3-9(10(14)15)13(2)11(16)12-7-8-5-4-6-17-8/h8-9H,3-7H2,1-2H3,(H,12,16)(H,14,15). The van der Waals surface area contributed by atoms with Crippen LogP contribution in [0.25, 0.3) is 0 Å². The topological polar surface area (TPSA) is 78.9 Å². The van der Waals surface area contributed by atoms with Crippen molar-refractivity contribution < 1.29 is 19.4 Å². The lowest BCUT2D eigenvalue weighted by molar-refractivity contribution is -0.141. The molecule has 0 bridgehead atoms. The molecule has 0 radical (unpaired) electrons. The van der Waals surface area contributed by atoms with Gasteiger partial charge < -0.3 is 20.1 Å². The predicted octanol–water partition coefficient (Wildman–Crippen LogP) is 0.670. The summed E-state index contributed by atoms with van der Waals surface area (Å²) in [6.07, 6.45) is 2.42. The van der Waals surface area contributed by atoms with E-state index in [0.717, 1.165) is 19.4 Å². The number of urea groups is 1. The van der Waals surface area contributed by atoms with Crippen LogP contribution in [0.3, 0.4) is 0 Å². The Balaban J connectivity index is 2.37. The van der Waals surface area contributed by atoms with E-state index < -0.39 is 12.0 Å². The summed E-state index contributed by atoms with van der Waals surface area (Å²) in [4.78, 5) is 23.8. The van der Waals surface area contributed by atoms with E-state index in [1.807, 2.05) is 0 Å². The van der Waals surface area contributed by atoms with Gasteiger partial charge in [-0.25, -0.2) is 9.59 Å². The molecule has 1 heterocycles. The zero-order chi connectivity index (χ0) is 12.8. The van der Waals surface area contributed by atoms with E-state index in [2.05, 4.69) is 5.32 Å². The molecule has 0 aliphatic carbocycles. The van der Waals surface area contributed by atoms with Gasteiger partial charge in [-0.1, -0.05) is 6.92 Å². The van der Waals surface area contributed by atoms with Crippen molar-refractivity contribution in [2.45, 2.75) is 38.3 Å². The smallest absolute Gasteiger partial charge is 0.326 e. The van der Waals surface area contributed by atoms with E-state index in [1.54, 1.807) is 6.92 Å². The van der Waals surface area contributed by atoms with E-state index >= 15 is 0 Å². The summed E-state index contributed by atoms with van der Waals surface area (Å²) in [7, 11) is 1.49. The number of hydrogen-bond acceptors (Lipinski definition) is 3. The average Bonchev–Trinajstić information content (AvgIpc) is 2.78. The van der Waals surface area contributed by atoms with Crippen LogP contribution in [0.15, 0.2) is 0 Å². The van der Waals surface area contributed by atoms with Crippen molar-refractivity contribution in [2.24, 2.45) is 0 Å². The Hall–Kier alpha value is -1.30. The van der Waals surface area contributed by atoms with Crippen LogP contribution in [-0.2, 0) is 9.53 Å². The Morgan fingerprint density at radius 2 is 2.29 bits per heavy atom. The molecule has 2 amide bonds. The number of amides is 2. The molecule has 2 atom stereocenters. The molecule has 0 aromatic carbocycles. The molecule has 1 aliphatic rings. The Morgan fingerprint density at radius 3 is 2.76 bits per heavy atom. The monoisotopic (exact) mass is 244 g/mol. The van der Waals surface area contributed by atoms with E-state index in [0.29, 0.717) is 13.0 Å². The molecule has 6 nitrogen and oxygen atoms in total. The van der Waals surface area contributed by atoms with Gasteiger partial charge in [-0.05, 0) is 19.3 Å². The second-order valence-corrected chi connectivity index (χ2v) is 4.19. The number of carboxylic acid groups (broad SMARTS) is 1. The highest BCUT2D eigenvalue weighted by molar-refractivity contribution is 5.82. The van der Waals surface area contributed by atoms with Gasteiger partial charge in [0.25, 0.3) is 0 Å². The quantitative estimate of drug-likeness (QED) is 0.745. The molecule has 1 saturated heterocycles. The third-order valence-electron chi connectivity index (χ3n) is 2.96. The first-order valence-electron chi connectivity index (χ1n) is 5.91. The zero-order valence-electron chi connectivity index (χ0n) is 10.3. The number of likely N-dealkylation sites (N-methyl/N-ethyl adjacent to an activating group) is 1. The summed E-state index contributed by atoms with van der Waals surface area (Å²) < 4.78 is 5.37. The van der Waals surface area contributed by atoms with Gasteiger partial charge in [-0.2, -0.15) is 0 Å². The van der Waals surface area contributed by atoms with Crippen LogP contribution < -0.4 is 5.32 Å². The fourth-order valence-corrected chi connectivity index (χ4v) is 1.89. The molecule has 98 valence electrons. The van der Waals surface area contributed by atoms with Gasteiger partial charge in [-0.3, -0.25) is 0 Å². The lowest BCUT2D eigenvalue weighted by atomic mass is 10.2. The van der Waals surface area contributed by atoms with Crippen molar-refractivity contribution in [1.29, 1.82) is 0 Å².